The van der Waals surface area contributed by atoms with Crippen LogP contribution in [0.4, 0.5) is 17.6 Å². The van der Waals surface area contributed by atoms with Gasteiger partial charge in [0, 0.05) is 11.6 Å². The Morgan fingerprint density at radius 3 is 2.20 bits per heavy atom. The Bertz CT molecular complexity index is 313. The van der Waals surface area contributed by atoms with Crippen LogP contribution in [-0.2, 0) is 0 Å². The second-order valence-corrected chi connectivity index (χ2v) is 2.95. The van der Waals surface area contributed by atoms with Gasteiger partial charge in [0.15, 0.2) is 0 Å². The lowest BCUT2D eigenvalue weighted by Crippen LogP contribution is -2.21. The zero-order valence-electron chi connectivity index (χ0n) is 7.59. The quantitative estimate of drug-likeness (QED) is 0.793. The van der Waals surface area contributed by atoms with Crippen molar-refractivity contribution in [2.24, 2.45) is 5.73 Å². The fraction of sp³-hybridized carbons (Fsp3) is 0.333. The standard InChI is InChI=1S/C9H9F4N.ClH/c10-7-4-2-1-3-6(7)8(14)5-9(11,12)13;/h1-4,8H,5,14H2;1H/t8-;/m1./s1. The summed E-state index contributed by atoms with van der Waals surface area (Å²) in [7, 11) is 0. The molecule has 0 saturated heterocycles. The molecular weight excluding hydrogens is 234 g/mol. The molecule has 0 radical (unpaired) electrons. The topological polar surface area (TPSA) is 26.0 Å². The minimum atomic E-state index is -4.37. The average molecular weight is 244 g/mol. The third-order valence-electron chi connectivity index (χ3n) is 1.76. The van der Waals surface area contributed by atoms with Crippen molar-refractivity contribution in [2.75, 3.05) is 0 Å². The molecule has 1 rings (SSSR count). The minimum absolute atomic E-state index is 0. The van der Waals surface area contributed by atoms with E-state index in [0.717, 1.165) is 6.07 Å². The first-order chi connectivity index (χ1) is 6.40. The zero-order valence-corrected chi connectivity index (χ0v) is 8.41. The SMILES string of the molecule is Cl.N[C@H](CC(F)(F)F)c1ccccc1F. The molecule has 0 amide bonds. The minimum Gasteiger partial charge on any atom is -0.324 e. The highest BCUT2D eigenvalue weighted by Gasteiger charge is 2.31. The summed E-state index contributed by atoms with van der Waals surface area (Å²) in [5.41, 5.74) is 5.12. The van der Waals surface area contributed by atoms with Gasteiger partial charge in [0.25, 0.3) is 0 Å². The molecule has 0 aliphatic carbocycles. The van der Waals surface area contributed by atoms with Gasteiger partial charge in [-0.1, -0.05) is 18.2 Å². The maximum absolute atomic E-state index is 13.0. The molecule has 0 unspecified atom stereocenters. The van der Waals surface area contributed by atoms with Crippen LogP contribution in [0, 0.1) is 5.82 Å². The maximum atomic E-state index is 13.0. The van der Waals surface area contributed by atoms with Crippen LogP contribution < -0.4 is 5.73 Å². The third-order valence-corrected chi connectivity index (χ3v) is 1.76. The van der Waals surface area contributed by atoms with Crippen molar-refractivity contribution in [2.45, 2.75) is 18.6 Å². The average Bonchev–Trinajstić information content (AvgIpc) is 2.01. The molecule has 2 N–H and O–H groups in total. The second-order valence-electron chi connectivity index (χ2n) is 2.95. The molecule has 0 aromatic heterocycles. The summed E-state index contributed by atoms with van der Waals surface area (Å²) in [6, 6.07) is 3.86. The second kappa shape index (κ2) is 5.32. The molecule has 0 aliphatic heterocycles. The molecule has 86 valence electrons. The van der Waals surface area contributed by atoms with Crippen molar-refractivity contribution in [1.82, 2.24) is 0 Å². The van der Waals surface area contributed by atoms with E-state index >= 15 is 0 Å². The number of halogens is 5. The van der Waals surface area contributed by atoms with Gasteiger partial charge in [0.2, 0.25) is 0 Å². The van der Waals surface area contributed by atoms with Crippen LogP contribution in [-0.4, -0.2) is 6.18 Å². The Morgan fingerprint density at radius 2 is 1.73 bits per heavy atom. The smallest absolute Gasteiger partial charge is 0.324 e. The summed E-state index contributed by atoms with van der Waals surface area (Å²) in [5, 5.41) is 0. The summed E-state index contributed by atoms with van der Waals surface area (Å²) in [6.45, 7) is 0. The van der Waals surface area contributed by atoms with Crippen molar-refractivity contribution in [3.8, 4) is 0 Å². The van der Waals surface area contributed by atoms with Gasteiger partial charge in [0.1, 0.15) is 5.82 Å². The predicted octanol–water partition coefficient (Wildman–Crippen LogP) is 3.20. The molecule has 0 fully saturated rings. The molecule has 0 saturated carbocycles. The van der Waals surface area contributed by atoms with Crippen molar-refractivity contribution in [1.29, 1.82) is 0 Å². The normalized spacial score (nSPS) is 13.1. The molecule has 1 atom stereocenters. The highest BCUT2D eigenvalue weighted by molar-refractivity contribution is 5.85. The molecule has 0 aliphatic rings. The zero-order chi connectivity index (χ0) is 10.8. The van der Waals surface area contributed by atoms with Gasteiger partial charge in [0.05, 0.1) is 6.42 Å². The van der Waals surface area contributed by atoms with Crippen LogP contribution in [0.5, 0.6) is 0 Å². The molecule has 0 heterocycles. The van der Waals surface area contributed by atoms with E-state index in [2.05, 4.69) is 0 Å². The Morgan fingerprint density at radius 1 is 1.20 bits per heavy atom. The lowest BCUT2D eigenvalue weighted by molar-refractivity contribution is -0.138. The van der Waals surface area contributed by atoms with Crippen LogP contribution in [0.15, 0.2) is 24.3 Å². The lowest BCUT2D eigenvalue weighted by Gasteiger charge is -2.14. The van der Waals surface area contributed by atoms with E-state index in [1.807, 2.05) is 0 Å². The fourth-order valence-corrected chi connectivity index (χ4v) is 1.14. The van der Waals surface area contributed by atoms with E-state index in [4.69, 9.17) is 5.73 Å². The molecule has 15 heavy (non-hydrogen) atoms. The molecule has 1 nitrogen and oxygen atoms in total. The fourth-order valence-electron chi connectivity index (χ4n) is 1.14. The van der Waals surface area contributed by atoms with Gasteiger partial charge in [-0.25, -0.2) is 4.39 Å². The number of nitrogens with two attached hydrogens (primary N) is 1. The lowest BCUT2D eigenvalue weighted by atomic mass is 10.0. The Hall–Kier alpha value is -0.810. The summed E-state index contributed by atoms with van der Waals surface area (Å²) in [5.74, 6) is -0.704. The molecular formula is C9H10ClF4N. The first-order valence-corrected chi connectivity index (χ1v) is 3.97. The van der Waals surface area contributed by atoms with Crippen molar-refractivity contribution in [3.05, 3.63) is 35.6 Å². The van der Waals surface area contributed by atoms with Gasteiger partial charge in [-0.3, -0.25) is 0 Å². The number of alkyl halides is 3. The highest BCUT2D eigenvalue weighted by atomic mass is 35.5. The summed E-state index contributed by atoms with van der Waals surface area (Å²) < 4.78 is 48.7. The maximum Gasteiger partial charge on any atom is 0.390 e. The van der Waals surface area contributed by atoms with Gasteiger partial charge < -0.3 is 5.73 Å². The number of hydrogen-bond acceptors (Lipinski definition) is 1. The highest BCUT2D eigenvalue weighted by Crippen LogP contribution is 2.28. The van der Waals surface area contributed by atoms with Crippen LogP contribution in [0.25, 0.3) is 0 Å². The van der Waals surface area contributed by atoms with E-state index in [0.29, 0.717) is 0 Å². The Balaban J connectivity index is 0.00000196. The first-order valence-electron chi connectivity index (χ1n) is 3.97. The van der Waals surface area contributed by atoms with E-state index in [1.165, 1.54) is 18.2 Å². The van der Waals surface area contributed by atoms with Crippen molar-refractivity contribution >= 4 is 12.4 Å². The van der Waals surface area contributed by atoms with Crippen LogP contribution in [0.3, 0.4) is 0 Å². The van der Waals surface area contributed by atoms with E-state index in [-0.39, 0.29) is 18.0 Å². The Kier molecular flexibility index (Phi) is 5.03. The monoisotopic (exact) mass is 243 g/mol. The van der Waals surface area contributed by atoms with Gasteiger partial charge in [-0.05, 0) is 6.07 Å². The number of hydrogen-bond donors (Lipinski definition) is 1. The van der Waals surface area contributed by atoms with Crippen molar-refractivity contribution < 1.29 is 17.6 Å². The van der Waals surface area contributed by atoms with E-state index < -0.39 is 24.5 Å². The third kappa shape index (κ3) is 4.48. The van der Waals surface area contributed by atoms with E-state index in [1.54, 1.807) is 0 Å². The molecule has 1 aromatic carbocycles. The van der Waals surface area contributed by atoms with Gasteiger partial charge >= 0.3 is 6.18 Å². The molecule has 6 heteroatoms. The first kappa shape index (κ1) is 14.2. The van der Waals surface area contributed by atoms with Gasteiger partial charge in [-0.2, -0.15) is 13.2 Å². The van der Waals surface area contributed by atoms with Gasteiger partial charge in [-0.15, -0.1) is 12.4 Å². The van der Waals surface area contributed by atoms with Crippen LogP contribution >= 0.6 is 12.4 Å². The largest absolute Gasteiger partial charge is 0.390 e. The van der Waals surface area contributed by atoms with Crippen LogP contribution in [0.1, 0.15) is 18.0 Å². The van der Waals surface area contributed by atoms with Crippen molar-refractivity contribution in [3.63, 3.8) is 0 Å². The number of rotatable bonds is 2. The Labute approximate surface area is 90.7 Å². The molecule has 1 aromatic rings. The summed E-state index contributed by atoms with van der Waals surface area (Å²) >= 11 is 0. The van der Waals surface area contributed by atoms with Crippen LogP contribution in [0.2, 0.25) is 0 Å². The van der Waals surface area contributed by atoms with E-state index in [9.17, 15) is 17.6 Å². The number of benzene rings is 1. The summed E-state index contributed by atoms with van der Waals surface area (Å²) in [6.07, 6.45) is -5.59. The predicted molar refractivity (Wildman–Crippen MR) is 51.2 cm³/mol. The molecule has 0 spiro atoms. The summed E-state index contributed by atoms with van der Waals surface area (Å²) in [4.78, 5) is 0. The molecule has 0 bridgehead atoms.